The number of rotatable bonds is 7. The molecule has 3 aromatic rings. The van der Waals surface area contributed by atoms with Crippen molar-refractivity contribution in [2.75, 3.05) is 61.2 Å². The Bertz CT molecular complexity index is 1120. The Labute approximate surface area is 173 Å². The van der Waals surface area contributed by atoms with Gasteiger partial charge in [-0.15, -0.1) is 0 Å². The fraction of sp³-hybridized carbons (Fsp3) is 0.389. The highest BCUT2D eigenvalue weighted by molar-refractivity contribution is 7.90. The summed E-state index contributed by atoms with van der Waals surface area (Å²) in [6.07, 6.45) is 1.09. The molecule has 0 saturated carbocycles. The summed E-state index contributed by atoms with van der Waals surface area (Å²) < 4.78 is 29.5. The fourth-order valence-corrected chi connectivity index (χ4v) is 4.03. The molecule has 1 aliphatic heterocycles. The van der Waals surface area contributed by atoms with Crippen molar-refractivity contribution in [3.8, 4) is 0 Å². The van der Waals surface area contributed by atoms with Crippen molar-refractivity contribution >= 4 is 44.0 Å². The molecular formula is C18H24N8O3S. The summed E-state index contributed by atoms with van der Waals surface area (Å²) in [7, 11) is -3.55. The lowest BCUT2D eigenvalue weighted by molar-refractivity contribution is 0.122. The van der Waals surface area contributed by atoms with Gasteiger partial charge in [0.05, 0.1) is 13.2 Å². The predicted molar refractivity (Wildman–Crippen MR) is 115 cm³/mol. The van der Waals surface area contributed by atoms with Crippen LogP contribution in [-0.2, 0) is 14.6 Å². The second kappa shape index (κ2) is 8.42. The third-order valence-corrected chi connectivity index (χ3v) is 5.67. The van der Waals surface area contributed by atoms with Crippen LogP contribution >= 0.6 is 0 Å². The topological polar surface area (TPSA) is 151 Å². The molecule has 30 heavy (non-hydrogen) atoms. The minimum absolute atomic E-state index is 0.0987. The average Bonchev–Trinajstić information content (AvgIpc) is 3.18. The van der Waals surface area contributed by atoms with E-state index in [1.807, 2.05) is 24.3 Å². The molecule has 0 aliphatic carbocycles. The average molecular weight is 433 g/mol. The zero-order valence-electron chi connectivity index (χ0n) is 16.6. The number of morpholine rings is 1. The highest BCUT2D eigenvalue weighted by atomic mass is 32.2. The minimum atomic E-state index is -3.55. The lowest BCUT2D eigenvalue weighted by Crippen LogP contribution is -2.36. The lowest BCUT2D eigenvalue weighted by Gasteiger charge is -2.28. The van der Waals surface area contributed by atoms with Crippen molar-refractivity contribution in [1.29, 1.82) is 0 Å². The summed E-state index contributed by atoms with van der Waals surface area (Å²) in [4.78, 5) is 11.1. The number of aromatic nitrogens is 4. The monoisotopic (exact) mass is 432 g/mol. The van der Waals surface area contributed by atoms with Crippen LogP contribution in [0.15, 0.2) is 29.3 Å². The standard InChI is InChI=1S/C18H24N8O3S/c1-30(27,28)17-14-15(20-7-6-19)22-18(23-16(14)24-25-17)21-12-2-4-13(5-3-12)26-8-10-29-11-9-26/h2-5H,6-11,19H2,1H3,(H3,20,21,22,23,24,25). The molecule has 1 saturated heterocycles. The van der Waals surface area contributed by atoms with Crippen molar-refractivity contribution in [2.24, 2.45) is 5.73 Å². The first kappa shape index (κ1) is 20.3. The first-order valence-corrected chi connectivity index (χ1v) is 11.4. The van der Waals surface area contributed by atoms with Gasteiger partial charge in [0.2, 0.25) is 5.95 Å². The number of benzene rings is 1. The Morgan fingerprint density at radius 3 is 2.60 bits per heavy atom. The first-order chi connectivity index (χ1) is 14.5. The highest BCUT2D eigenvalue weighted by Gasteiger charge is 2.22. The van der Waals surface area contributed by atoms with Gasteiger partial charge < -0.3 is 26.0 Å². The quantitative estimate of drug-likeness (QED) is 0.420. The molecule has 12 heteroatoms. The van der Waals surface area contributed by atoms with Gasteiger partial charge in [0.15, 0.2) is 20.5 Å². The molecule has 1 aliphatic rings. The third-order valence-electron chi connectivity index (χ3n) is 4.67. The Hall–Kier alpha value is -2.96. The van der Waals surface area contributed by atoms with Crippen LogP contribution in [-0.4, -0.2) is 74.2 Å². The van der Waals surface area contributed by atoms with Crippen molar-refractivity contribution in [3.05, 3.63) is 24.3 Å². The Balaban J connectivity index is 1.62. The molecule has 4 rings (SSSR count). The van der Waals surface area contributed by atoms with Crippen LogP contribution in [0, 0.1) is 0 Å². The summed E-state index contributed by atoms with van der Waals surface area (Å²) in [5.74, 6) is 0.664. The normalized spacial score (nSPS) is 14.8. The first-order valence-electron chi connectivity index (χ1n) is 9.55. The van der Waals surface area contributed by atoms with E-state index in [1.54, 1.807) is 0 Å². The van der Waals surface area contributed by atoms with E-state index in [9.17, 15) is 8.42 Å². The third kappa shape index (κ3) is 4.30. The van der Waals surface area contributed by atoms with Crippen LogP contribution in [0.1, 0.15) is 0 Å². The van der Waals surface area contributed by atoms with Crippen LogP contribution in [0.2, 0.25) is 0 Å². The zero-order valence-corrected chi connectivity index (χ0v) is 17.4. The lowest BCUT2D eigenvalue weighted by atomic mass is 10.2. The largest absolute Gasteiger partial charge is 0.378 e. The Kier molecular flexibility index (Phi) is 5.70. The second-order valence-corrected chi connectivity index (χ2v) is 8.84. The molecule has 2 aromatic heterocycles. The molecule has 0 radical (unpaired) electrons. The molecule has 0 atom stereocenters. The number of nitrogens with two attached hydrogens (primary N) is 1. The molecule has 0 spiro atoms. The van der Waals surface area contributed by atoms with Gasteiger partial charge in [0.25, 0.3) is 0 Å². The van der Waals surface area contributed by atoms with Crippen LogP contribution in [0.4, 0.5) is 23.1 Å². The maximum absolute atomic E-state index is 12.1. The SMILES string of the molecule is CS(=O)(=O)c1n[nH]c2nc(Nc3ccc(N4CCOCC4)cc3)nc(NCCN)c12. The number of anilines is 4. The summed E-state index contributed by atoms with van der Waals surface area (Å²) in [6.45, 7) is 3.98. The van der Waals surface area contributed by atoms with Gasteiger partial charge in [-0.1, -0.05) is 0 Å². The van der Waals surface area contributed by atoms with Gasteiger partial charge in [-0.3, -0.25) is 5.10 Å². The molecule has 1 aromatic carbocycles. The maximum atomic E-state index is 12.1. The molecule has 0 bridgehead atoms. The van der Waals surface area contributed by atoms with E-state index in [1.165, 1.54) is 0 Å². The van der Waals surface area contributed by atoms with E-state index in [-0.39, 0.29) is 5.03 Å². The van der Waals surface area contributed by atoms with Gasteiger partial charge >= 0.3 is 0 Å². The molecule has 3 heterocycles. The van der Waals surface area contributed by atoms with Gasteiger partial charge in [0.1, 0.15) is 11.2 Å². The minimum Gasteiger partial charge on any atom is -0.378 e. The molecule has 1 fully saturated rings. The predicted octanol–water partition coefficient (Wildman–Crippen LogP) is 0.707. The van der Waals surface area contributed by atoms with Gasteiger partial charge in [-0.05, 0) is 24.3 Å². The summed E-state index contributed by atoms with van der Waals surface area (Å²) in [6, 6.07) is 7.94. The Morgan fingerprint density at radius 2 is 1.93 bits per heavy atom. The van der Waals surface area contributed by atoms with Gasteiger partial charge in [0, 0.05) is 43.8 Å². The number of hydrogen-bond acceptors (Lipinski definition) is 10. The van der Waals surface area contributed by atoms with Crippen molar-refractivity contribution < 1.29 is 13.2 Å². The molecular weight excluding hydrogens is 408 g/mol. The number of hydrogen-bond donors (Lipinski definition) is 4. The molecule has 11 nitrogen and oxygen atoms in total. The molecule has 0 unspecified atom stereocenters. The van der Waals surface area contributed by atoms with E-state index in [4.69, 9.17) is 10.5 Å². The summed E-state index contributed by atoms with van der Waals surface area (Å²) in [5, 5.41) is 13.0. The second-order valence-electron chi connectivity index (χ2n) is 6.91. The number of fused-ring (bicyclic) bond motifs is 1. The van der Waals surface area contributed by atoms with Crippen molar-refractivity contribution in [3.63, 3.8) is 0 Å². The number of nitrogens with one attached hydrogen (secondary N) is 3. The number of H-pyrrole nitrogens is 1. The number of sulfone groups is 1. The molecule has 0 amide bonds. The van der Waals surface area contributed by atoms with Crippen LogP contribution in [0.25, 0.3) is 11.0 Å². The summed E-state index contributed by atoms with van der Waals surface area (Å²) in [5.41, 5.74) is 7.83. The maximum Gasteiger partial charge on any atom is 0.231 e. The van der Waals surface area contributed by atoms with Gasteiger partial charge in [-0.2, -0.15) is 15.1 Å². The van der Waals surface area contributed by atoms with E-state index in [2.05, 4.69) is 35.7 Å². The highest BCUT2D eigenvalue weighted by Crippen LogP contribution is 2.28. The van der Waals surface area contributed by atoms with Crippen molar-refractivity contribution in [2.45, 2.75) is 5.03 Å². The van der Waals surface area contributed by atoms with Crippen LogP contribution in [0.3, 0.4) is 0 Å². The molecule has 5 N–H and O–H groups in total. The smallest absolute Gasteiger partial charge is 0.231 e. The summed E-state index contributed by atoms with van der Waals surface area (Å²) >= 11 is 0. The Morgan fingerprint density at radius 1 is 1.20 bits per heavy atom. The van der Waals surface area contributed by atoms with E-state index in [0.717, 1.165) is 43.9 Å². The fourth-order valence-electron chi connectivity index (χ4n) is 3.25. The zero-order chi connectivity index (χ0) is 21.1. The van der Waals surface area contributed by atoms with Crippen LogP contribution in [0.5, 0.6) is 0 Å². The number of nitrogens with zero attached hydrogens (tertiary/aromatic N) is 4. The van der Waals surface area contributed by atoms with Crippen LogP contribution < -0.4 is 21.3 Å². The van der Waals surface area contributed by atoms with Crippen molar-refractivity contribution in [1.82, 2.24) is 20.2 Å². The van der Waals surface area contributed by atoms with Gasteiger partial charge in [-0.25, -0.2) is 8.42 Å². The number of aromatic amines is 1. The van der Waals surface area contributed by atoms with E-state index < -0.39 is 9.84 Å². The van der Waals surface area contributed by atoms with E-state index in [0.29, 0.717) is 35.9 Å². The molecule has 160 valence electrons. The van der Waals surface area contributed by atoms with E-state index >= 15 is 0 Å². The number of ether oxygens (including phenoxy) is 1.